The molecule has 0 spiro atoms. The van der Waals surface area contributed by atoms with Gasteiger partial charge in [-0.15, -0.1) is 0 Å². The number of nitrogens with one attached hydrogen (secondary N) is 1. The van der Waals surface area contributed by atoms with Gasteiger partial charge in [-0.25, -0.2) is 4.98 Å². The summed E-state index contributed by atoms with van der Waals surface area (Å²) in [6.45, 7) is 6.04. The van der Waals surface area contributed by atoms with E-state index in [1.807, 2.05) is 25.1 Å². The van der Waals surface area contributed by atoms with E-state index in [2.05, 4.69) is 29.1 Å². The molecule has 7 heteroatoms. The lowest BCUT2D eigenvalue weighted by Gasteiger charge is -2.15. The highest BCUT2D eigenvalue weighted by Crippen LogP contribution is 2.30. The summed E-state index contributed by atoms with van der Waals surface area (Å²) >= 11 is 6.29. The Balaban J connectivity index is 1.50. The molecule has 1 N–H and O–H groups in total. The van der Waals surface area contributed by atoms with Gasteiger partial charge in [-0.05, 0) is 60.4 Å². The maximum atomic E-state index is 12.5. The van der Waals surface area contributed by atoms with Gasteiger partial charge in [0.2, 0.25) is 5.89 Å². The summed E-state index contributed by atoms with van der Waals surface area (Å²) in [7, 11) is 0. The highest BCUT2D eigenvalue weighted by atomic mass is 35.5. The molecule has 0 aliphatic rings. The van der Waals surface area contributed by atoms with Crippen molar-refractivity contribution in [2.24, 2.45) is 0 Å². The van der Waals surface area contributed by atoms with Gasteiger partial charge in [0, 0.05) is 11.8 Å². The number of hydrogen-bond donors (Lipinski definition) is 1. The summed E-state index contributed by atoms with van der Waals surface area (Å²) in [6.07, 6.45) is 1.65. The first kappa shape index (κ1) is 20.9. The molecule has 0 radical (unpaired) electrons. The van der Waals surface area contributed by atoms with E-state index in [9.17, 15) is 4.79 Å². The van der Waals surface area contributed by atoms with Crippen LogP contribution in [0.5, 0.6) is 5.75 Å². The number of aryl methyl sites for hydroxylation is 1. The third-order valence-electron chi connectivity index (χ3n) is 4.80. The summed E-state index contributed by atoms with van der Waals surface area (Å²) in [5.41, 5.74) is 4.37. The number of fused-ring (bicyclic) bond motifs is 1. The van der Waals surface area contributed by atoms with Gasteiger partial charge in [-0.1, -0.05) is 37.6 Å². The zero-order chi connectivity index (χ0) is 22.0. The standard InChI is InChI=1S/C24H22ClN3O3/c1-14(2)17-8-6-15(3)11-21(17)30-13-22(29)27-19-12-16(7-9-18(19)25)24-28-23-20(31-24)5-4-10-26-23/h4-12,14H,13H2,1-3H3,(H,27,29). The molecule has 0 aliphatic heterocycles. The number of halogens is 1. The first-order valence-corrected chi connectivity index (χ1v) is 10.3. The van der Waals surface area contributed by atoms with E-state index >= 15 is 0 Å². The van der Waals surface area contributed by atoms with Crippen LogP contribution in [-0.4, -0.2) is 22.5 Å². The van der Waals surface area contributed by atoms with E-state index in [0.717, 1.165) is 11.1 Å². The van der Waals surface area contributed by atoms with Crippen molar-refractivity contribution < 1.29 is 13.9 Å². The van der Waals surface area contributed by atoms with Crippen LogP contribution < -0.4 is 10.1 Å². The van der Waals surface area contributed by atoms with E-state index < -0.39 is 0 Å². The lowest BCUT2D eigenvalue weighted by atomic mass is 10.0. The lowest BCUT2D eigenvalue weighted by molar-refractivity contribution is -0.118. The molecule has 158 valence electrons. The number of amides is 1. The van der Waals surface area contributed by atoms with Crippen molar-refractivity contribution in [1.82, 2.24) is 9.97 Å². The van der Waals surface area contributed by atoms with Crippen LogP contribution in [-0.2, 0) is 4.79 Å². The zero-order valence-electron chi connectivity index (χ0n) is 17.5. The van der Waals surface area contributed by atoms with Crippen LogP contribution in [0.15, 0.2) is 59.1 Å². The van der Waals surface area contributed by atoms with Gasteiger partial charge in [0.1, 0.15) is 5.75 Å². The Morgan fingerprint density at radius 3 is 2.81 bits per heavy atom. The largest absolute Gasteiger partial charge is 0.483 e. The van der Waals surface area contributed by atoms with Crippen molar-refractivity contribution in [2.45, 2.75) is 26.7 Å². The Kier molecular flexibility index (Phi) is 5.91. The van der Waals surface area contributed by atoms with Gasteiger partial charge >= 0.3 is 0 Å². The van der Waals surface area contributed by atoms with Crippen LogP contribution >= 0.6 is 11.6 Å². The van der Waals surface area contributed by atoms with Gasteiger partial charge in [0.05, 0.1) is 10.7 Å². The molecule has 0 saturated heterocycles. The molecule has 2 aromatic heterocycles. The van der Waals surface area contributed by atoms with E-state index in [1.165, 1.54) is 0 Å². The van der Waals surface area contributed by atoms with Gasteiger partial charge in [0.25, 0.3) is 5.91 Å². The van der Waals surface area contributed by atoms with Crippen molar-refractivity contribution in [3.8, 4) is 17.2 Å². The van der Waals surface area contributed by atoms with Crippen LogP contribution in [0.25, 0.3) is 22.7 Å². The molecular weight excluding hydrogens is 414 g/mol. The average molecular weight is 436 g/mol. The van der Waals surface area contributed by atoms with Gasteiger partial charge in [-0.2, -0.15) is 4.98 Å². The average Bonchev–Trinajstić information content (AvgIpc) is 3.18. The number of hydrogen-bond acceptors (Lipinski definition) is 5. The Bertz CT molecular complexity index is 1220. The van der Waals surface area contributed by atoms with Crippen molar-refractivity contribution in [2.75, 3.05) is 11.9 Å². The molecule has 4 aromatic rings. The highest BCUT2D eigenvalue weighted by molar-refractivity contribution is 6.33. The minimum Gasteiger partial charge on any atom is -0.483 e. The topological polar surface area (TPSA) is 77.2 Å². The van der Waals surface area contributed by atoms with Crippen molar-refractivity contribution in [1.29, 1.82) is 0 Å². The predicted octanol–water partition coefficient (Wildman–Crippen LogP) is 5.99. The monoisotopic (exact) mass is 435 g/mol. The summed E-state index contributed by atoms with van der Waals surface area (Å²) in [4.78, 5) is 21.1. The maximum Gasteiger partial charge on any atom is 0.262 e. The van der Waals surface area contributed by atoms with Crippen LogP contribution in [0.4, 0.5) is 5.69 Å². The number of aromatic nitrogens is 2. The molecule has 0 aliphatic carbocycles. The number of oxazole rings is 1. The van der Waals surface area contributed by atoms with Crippen molar-refractivity contribution >= 4 is 34.4 Å². The van der Waals surface area contributed by atoms with Crippen LogP contribution in [0.3, 0.4) is 0 Å². The number of carbonyl (C=O) groups is 1. The molecule has 0 atom stereocenters. The Morgan fingerprint density at radius 2 is 2.03 bits per heavy atom. The fourth-order valence-electron chi connectivity index (χ4n) is 3.22. The van der Waals surface area contributed by atoms with Crippen LogP contribution in [0.2, 0.25) is 5.02 Å². The second kappa shape index (κ2) is 8.78. The number of rotatable bonds is 6. The number of benzene rings is 2. The number of nitrogens with zero attached hydrogens (tertiary/aromatic N) is 2. The van der Waals surface area contributed by atoms with E-state index in [4.69, 9.17) is 20.8 Å². The summed E-state index contributed by atoms with van der Waals surface area (Å²) in [5.74, 6) is 1.09. The normalized spacial score (nSPS) is 11.1. The summed E-state index contributed by atoms with van der Waals surface area (Å²) in [5, 5.41) is 3.21. The van der Waals surface area contributed by atoms with Crippen LogP contribution in [0.1, 0.15) is 30.9 Å². The number of carbonyl (C=O) groups excluding carboxylic acids is 1. The van der Waals surface area contributed by atoms with Crippen molar-refractivity contribution in [3.63, 3.8) is 0 Å². The van der Waals surface area contributed by atoms with Gasteiger partial charge in [-0.3, -0.25) is 4.79 Å². The maximum absolute atomic E-state index is 12.5. The van der Waals surface area contributed by atoms with Crippen molar-refractivity contribution in [3.05, 3.63) is 70.9 Å². The lowest BCUT2D eigenvalue weighted by Crippen LogP contribution is -2.21. The number of ether oxygens (including phenoxy) is 1. The third kappa shape index (κ3) is 4.70. The molecule has 0 unspecified atom stereocenters. The second-order valence-corrected chi connectivity index (χ2v) is 7.98. The fraction of sp³-hybridized carbons (Fsp3) is 0.208. The Hall–Kier alpha value is -3.38. The number of pyridine rings is 1. The predicted molar refractivity (Wildman–Crippen MR) is 122 cm³/mol. The number of anilines is 1. The SMILES string of the molecule is Cc1ccc(C(C)C)c(OCC(=O)Nc2cc(-c3nc4ncccc4o3)ccc2Cl)c1. The molecule has 0 saturated carbocycles. The third-order valence-corrected chi connectivity index (χ3v) is 5.13. The molecule has 1 amide bonds. The molecule has 4 rings (SSSR count). The molecule has 2 aromatic carbocycles. The first-order chi connectivity index (χ1) is 14.9. The van der Waals surface area contributed by atoms with E-state index in [-0.39, 0.29) is 18.4 Å². The van der Waals surface area contributed by atoms with E-state index in [0.29, 0.717) is 39.1 Å². The summed E-state index contributed by atoms with van der Waals surface area (Å²) in [6, 6.07) is 14.8. The minimum absolute atomic E-state index is 0.128. The Labute approximate surface area is 185 Å². The van der Waals surface area contributed by atoms with Gasteiger partial charge in [0.15, 0.2) is 17.8 Å². The molecule has 6 nitrogen and oxygen atoms in total. The van der Waals surface area contributed by atoms with Gasteiger partial charge < -0.3 is 14.5 Å². The molecule has 0 fully saturated rings. The summed E-state index contributed by atoms with van der Waals surface area (Å²) < 4.78 is 11.6. The fourth-order valence-corrected chi connectivity index (χ4v) is 3.38. The van der Waals surface area contributed by atoms with E-state index in [1.54, 1.807) is 36.5 Å². The quantitative estimate of drug-likeness (QED) is 0.402. The zero-order valence-corrected chi connectivity index (χ0v) is 18.2. The van der Waals surface area contributed by atoms with Crippen LogP contribution in [0, 0.1) is 6.92 Å². The highest BCUT2D eigenvalue weighted by Gasteiger charge is 2.14. The molecule has 31 heavy (non-hydrogen) atoms. The molecule has 2 heterocycles. The second-order valence-electron chi connectivity index (χ2n) is 7.57. The smallest absolute Gasteiger partial charge is 0.262 e. The first-order valence-electron chi connectivity index (χ1n) is 9.95. The Morgan fingerprint density at radius 1 is 1.19 bits per heavy atom. The molecular formula is C24H22ClN3O3. The minimum atomic E-state index is -0.311. The molecule has 0 bridgehead atoms.